The summed E-state index contributed by atoms with van der Waals surface area (Å²) in [5.41, 5.74) is 4.01. The molecular weight excluding hydrogens is 336 g/mol. The van der Waals surface area contributed by atoms with Crippen LogP contribution in [0.5, 0.6) is 0 Å². The predicted octanol–water partition coefficient (Wildman–Crippen LogP) is 2.71. The number of pyridine rings is 1. The first kappa shape index (κ1) is 17.9. The minimum absolute atomic E-state index is 0.000717. The maximum Gasteiger partial charge on any atom is 0.258 e. The van der Waals surface area contributed by atoms with Crippen molar-refractivity contribution in [3.8, 4) is 0 Å². The van der Waals surface area contributed by atoms with Crippen molar-refractivity contribution in [2.24, 2.45) is 0 Å². The van der Waals surface area contributed by atoms with E-state index >= 15 is 0 Å². The summed E-state index contributed by atoms with van der Waals surface area (Å²) in [7, 11) is 0. The van der Waals surface area contributed by atoms with E-state index in [2.05, 4.69) is 40.1 Å². The Morgan fingerprint density at radius 1 is 0.926 bits per heavy atom. The molecule has 140 valence electrons. The van der Waals surface area contributed by atoms with E-state index in [-0.39, 0.29) is 5.56 Å². The van der Waals surface area contributed by atoms with E-state index in [9.17, 15) is 4.79 Å². The lowest BCUT2D eigenvalue weighted by Gasteiger charge is -2.21. The van der Waals surface area contributed by atoms with Gasteiger partial charge in [-0.15, -0.1) is 0 Å². The molecule has 1 aliphatic rings. The fraction of sp³-hybridized carbons (Fsp3) is 0.364. The van der Waals surface area contributed by atoms with Crippen molar-refractivity contribution in [2.75, 3.05) is 26.2 Å². The van der Waals surface area contributed by atoms with Gasteiger partial charge in [-0.2, -0.15) is 0 Å². The minimum Gasteiger partial charge on any atom is -0.298 e. The Hall–Kier alpha value is -2.50. The largest absolute Gasteiger partial charge is 0.298 e. The standard InChI is InChI=1S/C22H26N4O/c1-18-8-9-21-23-20(14-22(27)26(21)15-18)17-25-11-5-10-24(12-13-25)16-19-6-3-2-4-7-19/h2-4,6-9,14-15H,5,10-13,16-17H2,1H3. The van der Waals surface area contributed by atoms with Gasteiger partial charge >= 0.3 is 0 Å². The molecule has 0 saturated carbocycles. The van der Waals surface area contributed by atoms with Crippen LogP contribution in [0.2, 0.25) is 0 Å². The molecule has 1 aliphatic heterocycles. The number of fused-ring (bicyclic) bond motifs is 1. The maximum atomic E-state index is 12.4. The second-order valence-electron chi connectivity index (χ2n) is 7.41. The average molecular weight is 362 g/mol. The first-order chi connectivity index (χ1) is 13.2. The van der Waals surface area contributed by atoms with Crippen LogP contribution in [0.3, 0.4) is 0 Å². The molecule has 0 atom stereocenters. The zero-order valence-electron chi connectivity index (χ0n) is 15.8. The predicted molar refractivity (Wildman–Crippen MR) is 108 cm³/mol. The van der Waals surface area contributed by atoms with Crippen LogP contribution in [0.25, 0.3) is 5.65 Å². The van der Waals surface area contributed by atoms with E-state index in [4.69, 9.17) is 4.98 Å². The van der Waals surface area contributed by atoms with E-state index < -0.39 is 0 Å². The number of aromatic nitrogens is 2. The van der Waals surface area contributed by atoms with Gasteiger partial charge in [0.2, 0.25) is 0 Å². The Bertz CT molecular complexity index is 967. The summed E-state index contributed by atoms with van der Waals surface area (Å²) < 4.78 is 1.63. The van der Waals surface area contributed by atoms with Gasteiger partial charge in [0.15, 0.2) is 0 Å². The van der Waals surface area contributed by atoms with Crippen LogP contribution in [0, 0.1) is 6.92 Å². The van der Waals surface area contributed by atoms with E-state index in [1.165, 1.54) is 5.56 Å². The molecule has 0 unspecified atom stereocenters. The van der Waals surface area contributed by atoms with Crippen molar-refractivity contribution in [3.63, 3.8) is 0 Å². The van der Waals surface area contributed by atoms with Gasteiger partial charge in [-0.3, -0.25) is 19.0 Å². The Labute approximate surface area is 159 Å². The van der Waals surface area contributed by atoms with Gasteiger partial charge < -0.3 is 0 Å². The Balaban J connectivity index is 1.42. The van der Waals surface area contributed by atoms with Crippen molar-refractivity contribution in [1.82, 2.24) is 19.2 Å². The molecule has 1 saturated heterocycles. The summed E-state index contributed by atoms with van der Waals surface area (Å²) in [5.74, 6) is 0. The summed E-state index contributed by atoms with van der Waals surface area (Å²) in [4.78, 5) is 22.0. The van der Waals surface area contributed by atoms with Crippen LogP contribution < -0.4 is 5.56 Å². The molecule has 3 heterocycles. The van der Waals surface area contributed by atoms with Crippen molar-refractivity contribution in [1.29, 1.82) is 0 Å². The van der Waals surface area contributed by atoms with E-state index in [1.54, 1.807) is 10.5 Å². The molecule has 2 aromatic heterocycles. The van der Waals surface area contributed by atoms with Gasteiger partial charge in [-0.05, 0) is 43.6 Å². The van der Waals surface area contributed by atoms with Crippen molar-refractivity contribution >= 4 is 5.65 Å². The number of hydrogen-bond acceptors (Lipinski definition) is 4. The lowest BCUT2D eigenvalue weighted by atomic mass is 10.2. The maximum absolute atomic E-state index is 12.4. The fourth-order valence-corrected chi connectivity index (χ4v) is 3.75. The van der Waals surface area contributed by atoms with Crippen LogP contribution >= 0.6 is 0 Å². The smallest absolute Gasteiger partial charge is 0.258 e. The fourth-order valence-electron chi connectivity index (χ4n) is 3.75. The highest BCUT2D eigenvalue weighted by atomic mass is 16.1. The van der Waals surface area contributed by atoms with E-state index in [0.29, 0.717) is 0 Å². The highest BCUT2D eigenvalue weighted by Crippen LogP contribution is 2.11. The van der Waals surface area contributed by atoms with Gasteiger partial charge in [0.25, 0.3) is 5.56 Å². The summed E-state index contributed by atoms with van der Waals surface area (Å²) in [6.07, 6.45) is 2.99. The van der Waals surface area contributed by atoms with Gasteiger partial charge in [0, 0.05) is 38.4 Å². The first-order valence-corrected chi connectivity index (χ1v) is 9.65. The SMILES string of the molecule is Cc1ccc2nc(CN3CCCN(Cc4ccccc4)CC3)cc(=O)n2c1. The summed E-state index contributed by atoms with van der Waals surface area (Å²) in [6.45, 7) is 7.92. The molecule has 0 spiro atoms. The van der Waals surface area contributed by atoms with Crippen molar-refractivity contribution < 1.29 is 0 Å². The zero-order valence-corrected chi connectivity index (χ0v) is 15.8. The van der Waals surface area contributed by atoms with Crippen LogP contribution in [0.4, 0.5) is 0 Å². The molecular formula is C22H26N4O. The zero-order chi connectivity index (χ0) is 18.6. The Kier molecular flexibility index (Phi) is 5.32. The molecule has 1 fully saturated rings. The first-order valence-electron chi connectivity index (χ1n) is 9.65. The van der Waals surface area contributed by atoms with Gasteiger partial charge in [0.05, 0.1) is 5.69 Å². The Morgan fingerprint density at radius 2 is 1.67 bits per heavy atom. The number of nitrogens with zero attached hydrogens (tertiary/aromatic N) is 4. The number of hydrogen-bond donors (Lipinski definition) is 0. The molecule has 5 heteroatoms. The van der Waals surface area contributed by atoms with Gasteiger partial charge in [-0.25, -0.2) is 4.98 Å². The molecule has 0 aliphatic carbocycles. The summed E-state index contributed by atoms with van der Waals surface area (Å²) >= 11 is 0. The molecule has 27 heavy (non-hydrogen) atoms. The number of rotatable bonds is 4. The molecule has 5 nitrogen and oxygen atoms in total. The minimum atomic E-state index is -0.000717. The monoisotopic (exact) mass is 362 g/mol. The van der Waals surface area contributed by atoms with Crippen LogP contribution in [-0.4, -0.2) is 45.4 Å². The van der Waals surface area contributed by atoms with Gasteiger partial charge in [-0.1, -0.05) is 36.4 Å². The van der Waals surface area contributed by atoms with E-state index in [1.807, 2.05) is 25.3 Å². The second kappa shape index (κ2) is 8.03. The second-order valence-corrected chi connectivity index (χ2v) is 7.41. The number of aryl methyl sites for hydroxylation is 1. The van der Waals surface area contributed by atoms with Crippen molar-refractivity contribution in [2.45, 2.75) is 26.4 Å². The third kappa shape index (κ3) is 4.43. The number of benzene rings is 1. The van der Waals surface area contributed by atoms with Crippen LogP contribution in [0.15, 0.2) is 59.5 Å². The lowest BCUT2D eigenvalue weighted by molar-refractivity contribution is 0.245. The molecule has 0 radical (unpaired) electrons. The van der Waals surface area contributed by atoms with Gasteiger partial charge in [0.1, 0.15) is 5.65 Å². The molecule has 1 aromatic carbocycles. The third-order valence-electron chi connectivity index (χ3n) is 5.18. The topological polar surface area (TPSA) is 40.9 Å². The Morgan fingerprint density at radius 3 is 2.44 bits per heavy atom. The molecule has 0 amide bonds. The van der Waals surface area contributed by atoms with E-state index in [0.717, 1.165) is 62.6 Å². The van der Waals surface area contributed by atoms with Crippen molar-refractivity contribution in [3.05, 3.63) is 81.9 Å². The van der Waals surface area contributed by atoms with Crippen LogP contribution in [0.1, 0.15) is 23.2 Å². The van der Waals surface area contributed by atoms with Crippen LogP contribution in [-0.2, 0) is 13.1 Å². The quantitative estimate of drug-likeness (QED) is 0.716. The summed E-state index contributed by atoms with van der Waals surface area (Å²) in [5, 5.41) is 0. The summed E-state index contributed by atoms with van der Waals surface area (Å²) in [6, 6.07) is 16.2. The normalized spacial score (nSPS) is 16.5. The molecule has 3 aromatic rings. The molecule has 4 rings (SSSR count). The lowest BCUT2D eigenvalue weighted by Crippen LogP contribution is -2.31. The highest BCUT2D eigenvalue weighted by molar-refractivity contribution is 5.39. The third-order valence-corrected chi connectivity index (χ3v) is 5.18. The highest BCUT2D eigenvalue weighted by Gasteiger charge is 2.16. The molecule has 0 bridgehead atoms. The molecule has 0 N–H and O–H groups in total. The average Bonchev–Trinajstić information content (AvgIpc) is 2.88.